The summed E-state index contributed by atoms with van der Waals surface area (Å²) in [5, 5.41) is 4.96. The van der Waals surface area contributed by atoms with Crippen LogP contribution in [0.25, 0.3) is 10.2 Å². The maximum Gasteiger partial charge on any atom is 0.272 e. The second-order valence-electron chi connectivity index (χ2n) is 5.88. The Morgan fingerprint density at radius 2 is 1.92 bits per heavy atom. The number of rotatable bonds is 5. The van der Waals surface area contributed by atoms with Gasteiger partial charge < -0.3 is 14.6 Å². The van der Waals surface area contributed by atoms with Crippen LogP contribution < -0.4 is 10.1 Å². The Labute approximate surface area is 154 Å². The summed E-state index contributed by atoms with van der Waals surface area (Å²) in [6.45, 7) is 0.480. The summed E-state index contributed by atoms with van der Waals surface area (Å²) in [4.78, 5) is 16.5. The van der Waals surface area contributed by atoms with E-state index in [9.17, 15) is 4.79 Å². The Bertz CT molecular complexity index is 1040. The van der Waals surface area contributed by atoms with E-state index >= 15 is 0 Å². The Hall–Kier alpha value is -3.12. The van der Waals surface area contributed by atoms with Gasteiger partial charge in [-0.2, -0.15) is 0 Å². The number of aryl methyl sites for hydroxylation is 1. The van der Waals surface area contributed by atoms with Crippen molar-refractivity contribution in [2.24, 2.45) is 7.05 Å². The summed E-state index contributed by atoms with van der Waals surface area (Å²) in [5.74, 6) is 0.626. The van der Waals surface area contributed by atoms with Crippen LogP contribution in [0.1, 0.15) is 16.1 Å². The second-order valence-corrected chi connectivity index (χ2v) is 6.83. The van der Waals surface area contributed by atoms with Gasteiger partial charge in [-0.05, 0) is 59.5 Å². The highest BCUT2D eigenvalue weighted by Crippen LogP contribution is 2.25. The molecule has 26 heavy (non-hydrogen) atoms. The largest absolute Gasteiger partial charge is 0.489 e. The van der Waals surface area contributed by atoms with E-state index in [1.54, 1.807) is 23.7 Å². The van der Waals surface area contributed by atoms with E-state index in [4.69, 9.17) is 4.74 Å². The van der Waals surface area contributed by atoms with Crippen LogP contribution in [0, 0.1) is 0 Å². The SMILES string of the molecule is Cn1c(C(=O)Nc2ccc(OCc3ccncc3)cc2)cc2sccc21. The first kappa shape index (κ1) is 16.4. The lowest BCUT2D eigenvalue weighted by Gasteiger charge is -2.09. The molecule has 5 nitrogen and oxygen atoms in total. The Kier molecular flexibility index (Phi) is 4.41. The molecule has 130 valence electrons. The molecular weight excluding hydrogens is 346 g/mol. The fourth-order valence-electron chi connectivity index (χ4n) is 2.74. The van der Waals surface area contributed by atoms with Crippen molar-refractivity contribution in [3.63, 3.8) is 0 Å². The lowest BCUT2D eigenvalue weighted by Crippen LogP contribution is -2.15. The van der Waals surface area contributed by atoms with E-state index in [1.165, 1.54) is 0 Å². The van der Waals surface area contributed by atoms with Gasteiger partial charge in [0.25, 0.3) is 5.91 Å². The standard InChI is InChI=1S/C20H17N3O2S/c1-23-17-8-11-26-19(17)12-18(23)20(24)22-15-2-4-16(5-3-15)25-13-14-6-9-21-10-7-14/h2-12H,13H2,1H3,(H,22,24). The number of hydrogen-bond acceptors (Lipinski definition) is 4. The van der Waals surface area contributed by atoms with Crippen LogP contribution in [0.3, 0.4) is 0 Å². The number of nitrogens with one attached hydrogen (secondary N) is 1. The first-order valence-electron chi connectivity index (χ1n) is 8.17. The highest BCUT2D eigenvalue weighted by Gasteiger charge is 2.14. The number of aromatic nitrogens is 2. The monoisotopic (exact) mass is 363 g/mol. The molecule has 4 aromatic rings. The molecule has 0 saturated heterocycles. The van der Waals surface area contributed by atoms with E-state index in [0.29, 0.717) is 12.3 Å². The summed E-state index contributed by atoms with van der Waals surface area (Å²) >= 11 is 1.63. The third-order valence-electron chi connectivity index (χ3n) is 4.16. The number of ether oxygens (including phenoxy) is 1. The molecule has 1 N–H and O–H groups in total. The van der Waals surface area contributed by atoms with Crippen LogP contribution in [-0.2, 0) is 13.7 Å². The van der Waals surface area contributed by atoms with Gasteiger partial charge in [-0.3, -0.25) is 9.78 Å². The highest BCUT2D eigenvalue weighted by atomic mass is 32.1. The molecule has 1 amide bonds. The molecule has 4 rings (SSSR count). The number of hydrogen-bond donors (Lipinski definition) is 1. The van der Waals surface area contributed by atoms with E-state index in [1.807, 2.05) is 65.5 Å². The van der Waals surface area contributed by atoms with Crippen LogP contribution in [0.5, 0.6) is 5.75 Å². The zero-order valence-corrected chi connectivity index (χ0v) is 15.0. The molecule has 0 fully saturated rings. The molecule has 3 heterocycles. The lowest BCUT2D eigenvalue weighted by atomic mass is 10.2. The molecule has 6 heteroatoms. The third kappa shape index (κ3) is 3.32. The average molecular weight is 363 g/mol. The van der Waals surface area contributed by atoms with Gasteiger partial charge in [0.15, 0.2) is 0 Å². The van der Waals surface area contributed by atoms with Gasteiger partial charge in [-0.1, -0.05) is 0 Å². The molecule has 0 unspecified atom stereocenters. The van der Waals surface area contributed by atoms with Gasteiger partial charge in [0.05, 0.1) is 10.2 Å². The minimum atomic E-state index is -0.124. The Morgan fingerprint density at radius 3 is 2.65 bits per heavy atom. The number of pyridine rings is 1. The van der Waals surface area contributed by atoms with Gasteiger partial charge >= 0.3 is 0 Å². The van der Waals surface area contributed by atoms with E-state index in [0.717, 1.165) is 27.2 Å². The van der Waals surface area contributed by atoms with E-state index in [-0.39, 0.29) is 5.91 Å². The van der Waals surface area contributed by atoms with Crippen LogP contribution >= 0.6 is 11.3 Å². The van der Waals surface area contributed by atoms with Crippen molar-refractivity contribution < 1.29 is 9.53 Å². The molecule has 0 bridgehead atoms. The molecule has 0 atom stereocenters. The number of carbonyl (C=O) groups is 1. The molecule has 0 spiro atoms. The van der Waals surface area contributed by atoms with Gasteiger partial charge in [-0.15, -0.1) is 11.3 Å². The highest BCUT2D eigenvalue weighted by molar-refractivity contribution is 7.17. The predicted molar refractivity (Wildman–Crippen MR) is 104 cm³/mol. The molecule has 0 radical (unpaired) electrons. The summed E-state index contributed by atoms with van der Waals surface area (Å²) in [6.07, 6.45) is 3.48. The van der Waals surface area contributed by atoms with Gasteiger partial charge in [-0.25, -0.2) is 0 Å². The molecule has 3 aromatic heterocycles. The van der Waals surface area contributed by atoms with Gasteiger partial charge in [0, 0.05) is 25.1 Å². The smallest absolute Gasteiger partial charge is 0.272 e. The molecule has 1 aromatic carbocycles. The summed E-state index contributed by atoms with van der Waals surface area (Å²) < 4.78 is 8.76. The van der Waals surface area contributed by atoms with Crippen molar-refractivity contribution in [2.75, 3.05) is 5.32 Å². The van der Waals surface area contributed by atoms with Crippen LogP contribution in [0.15, 0.2) is 66.3 Å². The maximum absolute atomic E-state index is 12.5. The van der Waals surface area contributed by atoms with Crippen molar-refractivity contribution >= 4 is 33.1 Å². The fourth-order valence-corrected chi connectivity index (χ4v) is 3.59. The number of nitrogens with zero attached hydrogens (tertiary/aromatic N) is 2. The second kappa shape index (κ2) is 7.01. The Balaban J connectivity index is 1.41. The molecule has 0 saturated carbocycles. The summed E-state index contributed by atoms with van der Waals surface area (Å²) in [6, 6.07) is 15.1. The van der Waals surface area contributed by atoms with Crippen LogP contribution in [0.4, 0.5) is 5.69 Å². The summed E-state index contributed by atoms with van der Waals surface area (Å²) in [7, 11) is 1.90. The topological polar surface area (TPSA) is 56.2 Å². The number of amides is 1. The quantitative estimate of drug-likeness (QED) is 0.569. The zero-order chi connectivity index (χ0) is 17.9. The average Bonchev–Trinajstić information content (AvgIpc) is 3.25. The number of anilines is 1. The summed E-state index contributed by atoms with van der Waals surface area (Å²) in [5.41, 5.74) is 3.50. The van der Waals surface area contributed by atoms with Crippen molar-refractivity contribution in [3.8, 4) is 5.75 Å². The number of benzene rings is 1. The minimum absolute atomic E-state index is 0.124. The van der Waals surface area contributed by atoms with E-state index < -0.39 is 0 Å². The van der Waals surface area contributed by atoms with E-state index in [2.05, 4.69) is 10.3 Å². The predicted octanol–water partition coefficient (Wildman–Crippen LogP) is 4.47. The van der Waals surface area contributed by atoms with Crippen molar-refractivity contribution in [3.05, 3.63) is 77.6 Å². The zero-order valence-electron chi connectivity index (χ0n) is 14.2. The third-order valence-corrected chi connectivity index (χ3v) is 5.02. The number of carbonyl (C=O) groups excluding carboxylic acids is 1. The van der Waals surface area contributed by atoms with Crippen LogP contribution in [-0.4, -0.2) is 15.5 Å². The van der Waals surface area contributed by atoms with Gasteiger partial charge in [0.2, 0.25) is 0 Å². The van der Waals surface area contributed by atoms with Crippen molar-refractivity contribution in [1.29, 1.82) is 0 Å². The normalized spacial score (nSPS) is 10.8. The Morgan fingerprint density at radius 1 is 1.15 bits per heavy atom. The number of fused-ring (bicyclic) bond motifs is 1. The van der Waals surface area contributed by atoms with Crippen molar-refractivity contribution in [2.45, 2.75) is 6.61 Å². The molecule has 0 aliphatic heterocycles. The first-order chi connectivity index (χ1) is 12.7. The minimum Gasteiger partial charge on any atom is -0.489 e. The van der Waals surface area contributed by atoms with Gasteiger partial charge in [0.1, 0.15) is 18.1 Å². The number of thiophene rings is 1. The van der Waals surface area contributed by atoms with Crippen LogP contribution in [0.2, 0.25) is 0 Å². The molecule has 0 aliphatic rings. The van der Waals surface area contributed by atoms with Crippen molar-refractivity contribution in [1.82, 2.24) is 9.55 Å². The fraction of sp³-hybridized carbons (Fsp3) is 0.100. The first-order valence-corrected chi connectivity index (χ1v) is 9.05. The molecule has 0 aliphatic carbocycles. The maximum atomic E-state index is 12.5. The lowest BCUT2D eigenvalue weighted by molar-refractivity contribution is 0.101. The molecular formula is C20H17N3O2S.